The first-order valence-corrected chi connectivity index (χ1v) is 8.72. The Morgan fingerprint density at radius 1 is 1.52 bits per heavy atom. The van der Waals surface area contributed by atoms with Crippen LogP contribution in [0.15, 0.2) is 4.90 Å². The van der Waals surface area contributed by atoms with E-state index in [1.807, 2.05) is 0 Å². The van der Waals surface area contributed by atoms with Gasteiger partial charge in [0.25, 0.3) is 0 Å². The van der Waals surface area contributed by atoms with Crippen molar-refractivity contribution < 1.29 is 13.2 Å². The highest BCUT2D eigenvalue weighted by Gasteiger charge is 2.34. The Hall–Kier alpha value is -0.960. The lowest BCUT2D eigenvalue weighted by Gasteiger charge is -2.22. The first-order chi connectivity index (χ1) is 9.98. The number of nitrogens with zero attached hydrogens (tertiary/aromatic N) is 2. The summed E-state index contributed by atoms with van der Waals surface area (Å²) >= 11 is 0. The summed E-state index contributed by atoms with van der Waals surface area (Å²) in [6, 6.07) is -0.0965. The Morgan fingerprint density at radius 3 is 2.90 bits per heavy atom. The molecule has 8 heteroatoms. The van der Waals surface area contributed by atoms with E-state index in [-0.39, 0.29) is 6.04 Å². The molecule has 1 aromatic heterocycles. The van der Waals surface area contributed by atoms with Crippen LogP contribution in [0.4, 0.5) is 0 Å². The molecule has 2 rings (SSSR count). The van der Waals surface area contributed by atoms with Gasteiger partial charge in [0.2, 0.25) is 10.0 Å². The van der Waals surface area contributed by atoms with Crippen molar-refractivity contribution in [2.24, 2.45) is 0 Å². The van der Waals surface area contributed by atoms with Crippen molar-refractivity contribution in [3.63, 3.8) is 0 Å². The van der Waals surface area contributed by atoms with Crippen molar-refractivity contribution in [1.29, 1.82) is 0 Å². The van der Waals surface area contributed by atoms with E-state index >= 15 is 0 Å². The summed E-state index contributed by atoms with van der Waals surface area (Å²) in [5, 5.41) is 10.1. The Balaban J connectivity index is 2.24. The molecule has 120 valence electrons. The summed E-state index contributed by atoms with van der Waals surface area (Å²) in [6.07, 6.45) is 1.72. The van der Waals surface area contributed by atoms with E-state index < -0.39 is 10.0 Å². The molecule has 2 N–H and O–H groups in total. The van der Waals surface area contributed by atoms with Crippen LogP contribution in [0, 0.1) is 6.92 Å². The van der Waals surface area contributed by atoms with Crippen molar-refractivity contribution in [3.05, 3.63) is 11.4 Å². The molecule has 0 spiro atoms. The van der Waals surface area contributed by atoms with Gasteiger partial charge in [-0.25, -0.2) is 8.42 Å². The second-order valence-corrected chi connectivity index (χ2v) is 7.27. The van der Waals surface area contributed by atoms with Crippen LogP contribution in [0.5, 0.6) is 0 Å². The minimum Gasteiger partial charge on any atom is -0.380 e. The summed E-state index contributed by atoms with van der Waals surface area (Å²) in [5.74, 6) is 0. The summed E-state index contributed by atoms with van der Waals surface area (Å²) in [7, 11) is -1.94. The van der Waals surface area contributed by atoms with Gasteiger partial charge in [-0.2, -0.15) is 9.40 Å². The normalized spacial score (nSPS) is 19.5. The van der Waals surface area contributed by atoms with E-state index in [1.165, 1.54) is 4.31 Å². The van der Waals surface area contributed by atoms with Crippen LogP contribution >= 0.6 is 0 Å². The van der Waals surface area contributed by atoms with Crippen LogP contribution in [-0.4, -0.2) is 55.8 Å². The molecule has 1 atom stereocenters. The zero-order valence-electron chi connectivity index (χ0n) is 12.8. The number of ether oxygens (including phenoxy) is 1. The maximum Gasteiger partial charge on any atom is 0.246 e. The van der Waals surface area contributed by atoms with Crippen LogP contribution in [0.2, 0.25) is 0 Å². The maximum absolute atomic E-state index is 12.8. The number of hydrogen-bond acceptors (Lipinski definition) is 5. The van der Waals surface area contributed by atoms with Crippen LogP contribution < -0.4 is 5.32 Å². The highest BCUT2D eigenvalue weighted by molar-refractivity contribution is 7.89. The molecule has 1 unspecified atom stereocenters. The van der Waals surface area contributed by atoms with Gasteiger partial charge in [-0.3, -0.25) is 5.10 Å². The molecular formula is C13H24N4O3S. The molecule has 0 saturated carbocycles. The lowest BCUT2D eigenvalue weighted by atomic mass is 10.3. The molecule has 0 amide bonds. The third-order valence-corrected chi connectivity index (χ3v) is 5.85. The average molecular weight is 316 g/mol. The lowest BCUT2D eigenvalue weighted by Crippen LogP contribution is -2.38. The molecule has 2 heterocycles. The minimum absolute atomic E-state index is 0.0965. The molecule has 0 radical (unpaired) electrons. The number of sulfonamides is 1. The van der Waals surface area contributed by atoms with E-state index in [0.717, 1.165) is 19.4 Å². The summed E-state index contributed by atoms with van der Waals surface area (Å²) in [6.45, 7) is 6.14. The zero-order chi connectivity index (χ0) is 15.5. The van der Waals surface area contributed by atoms with Gasteiger partial charge >= 0.3 is 0 Å². The van der Waals surface area contributed by atoms with Gasteiger partial charge < -0.3 is 10.1 Å². The zero-order valence-corrected chi connectivity index (χ0v) is 13.7. The molecule has 1 aromatic rings. The van der Waals surface area contributed by atoms with Gasteiger partial charge in [-0.1, -0.05) is 6.92 Å². The van der Waals surface area contributed by atoms with E-state index in [2.05, 4.69) is 22.4 Å². The van der Waals surface area contributed by atoms with E-state index in [0.29, 0.717) is 36.0 Å². The number of aryl methyl sites for hydroxylation is 1. The Labute approximate surface area is 126 Å². The van der Waals surface area contributed by atoms with Crippen molar-refractivity contribution in [3.8, 4) is 0 Å². The number of likely N-dealkylation sites (N-methyl/N-ethyl adjacent to an activating group) is 1. The SMILES string of the molecule is CCCNCc1n[nH]c(C)c1S(=O)(=O)N(C)C1CCOC1. The maximum atomic E-state index is 12.8. The molecule has 1 fully saturated rings. The summed E-state index contributed by atoms with van der Waals surface area (Å²) in [4.78, 5) is 0.292. The Kier molecular flexibility index (Phi) is 5.37. The van der Waals surface area contributed by atoms with Crippen molar-refractivity contribution in [1.82, 2.24) is 19.8 Å². The first kappa shape index (κ1) is 16.4. The smallest absolute Gasteiger partial charge is 0.246 e. The molecule has 0 aliphatic carbocycles. The minimum atomic E-state index is -3.56. The standard InChI is InChI=1S/C13H24N4O3S/c1-4-6-14-8-12-13(10(2)15-16-12)21(18,19)17(3)11-5-7-20-9-11/h11,14H,4-9H2,1-3H3,(H,15,16). The summed E-state index contributed by atoms with van der Waals surface area (Å²) in [5.41, 5.74) is 1.13. The quantitative estimate of drug-likeness (QED) is 0.720. The fourth-order valence-corrected chi connectivity index (χ4v) is 4.16. The van der Waals surface area contributed by atoms with Gasteiger partial charge in [0, 0.05) is 20.2 Å². The molecule has 7 nitrogen and oxygen atoms in total. The van der Waals surface area contributed by atoms with Gasteiger partial charge in [-0.15, -0.1) is 0 Å². The monoisotopic (exact) mass is 316 g/mol. The van der Waals surface area contributed by atoms with Crippen LogP contribution in [-0.2, 0) is 21.3 Å². The number of aromatic nitrogens is 2. The fraction of sp³-hybridized carbons (Fsp3) is 0.769. The van der Waals surface area contributed by atoms with Crippen molar-refractivity contribution >= 4 is 10.0 Å². The number of hydrogen-bond donors (Lipinski definition) is 2. The molecule has 1 aliphatic rings. The van der Waals surface area contributed by atoms with Crippen LogP contribution in [0.3, 0.4) is 0 Å². The van der Waals surface area contributed by atoms with E-state index in [1.54, 1.807) is 14.0 Å². The molecule has 21 heavy (non-hydrogen) atoms. The van der Waals surface area contributed by atoms with Gasteiger partial charge in [0.15, 0.2) is 0 Å². The lowest BCUT2D eigenvalue weighted by molar-refractivity contribution is 0.181. The largest absolute Gasteiger partial charge is 0.380 e. The Bertz CT molecular complexity index is 564. The third kappa shape index (κ3) is 3.45. The van der Waals surface area contributed by atoms with Gasteiger partial charge in [-0.05, 0) is 26.3 Å². The highest BCUT2D eigenvalue weighted by atomic mass is 32.2. The second-order valence-electron chi connectivity index (χ2n) is 5.34. The number of rotatable bonds is 7. The van der Waals surface area contributed by atoms with Gasteiger partial charge in [0.1, 0.15) is 4.90 Å². The fourth-order valence-electron chi connectivity index (χ4n) is 2.46. The highest BCUT2D eigenvalue weighted by Crippen LogP contribution is 2.25. The molecule has 0 aromatic carbocycles. The Morgan fingerprint density at radius 2 is 2.29 bits per heavy atom. The molecule has 0 bridgehead atoms. The molecule has 1 saturated heterocycles. The number of H-pyrrole nitrogens is 1. The van der Waals surface area contributed by atoms with Crippen LogP contribution in [0.1, 0.15) is 31.2 Å². The van der Waals surface area contributed by atoms with Gasteiger partial charge in [0.05, 0.1) is 24.0 Å². The van der Waals surface area contributed by atoms with E-state index in [4.69, 9.17) is 4.74 Å². The van der Waals surface area contributed by atoms with Crippen LogP contribution in [0.25, 0.3) is 0 Å². The van der Waals surface area contributed by atoms with E-state index in [9.17, 15) is 8.42 Å². The predicted molar refractivity (Wildman–Crippen MR) is 79.5 cm³/mol. The van der Waals surface area contributed by atoms with Crippen molar-refractivity contribution in [2.45, 2.75) is 44.2 Å². The second kappa shape index (κ2) is 6.87. The molecule has 1 aliphatic heterocycles. The third-order valence-electron chi connectivity index (χ3n) is 3.74. The average Bonchev–Trinajstić information content (AvgIpc) is 3.08. The first-order valence-electron chi connectivity index (χ1n) is 7.28. The van der Waals surface area contributed by atoms with Crippen molar-refractivity contribution in [2.75, 3.05) is 26.8 Å². The number of nitrogens with one attached hydrogen (secondary N) is 2. The topological polar surface area (TPSA) is 87.3 Å². The predicted octanol–water partition coefficient (Wildman–Crippen LogP) is 0.627. The molecular weight excluding hydrogens is 292 g/mol. The number of aromatic amines is 1. The summed E-state index contributed by atoms with van der Waals surface area (Å²) < 4.78 is 32.4.